The van der Waals surface area contributed by atoms with E-state index in [9.17, 15) is 18.0 Å². The minimum Gasteiger partial charge on any atom is -0.493 e. The number of aryl methyl sites for hydroxylation is 2. The number of rotatable bonds is 23. The van der Waals surface area contributed by atoms with Crippen LogP contribution in [0.15, 0.2) is 27.9 Å². The zero-order valence-corrected chi connectivity index (χ0v) is 33.9. The van der Waals surface area contributed by atoms with Crippen molar-refractivity contribution in [3.05, 3.63) is 34.2 Å². The molecule has 0 saturated carbocycles. The molecule has 0 aliphatic carbocycles. The van der Waals surface area contributed by atoms with Crippen LogP contribution in [0.25, 0.3) is 22.4 Å². The van der Waals surface area contributed by atoms with E-state index in [0.29, 0.717) is 68.0 Å². The lowest BCUT2D eigenvalue weighted by atomic mass is 10.0. The molecule has 2 N–H and O–H groups in total. The Hall–Kier alpha value is -3.29. The van der Waals surface area contributed by atoms with Gasteiger partial charge in [0.25, 0.3) is 5.56 Å². The molecule has 1 aliphatic heterocycles. The molecule has 12 nitrogen and oxygen atoms in total. The van der Waals surface area contributed by atoms with E-state index in [0.717, 1.165) is 25.0 Å². The van der Waals surface area contributed by atoms with Crippen LogP contribution in [0.2, 0.25) is 0 Å². The number of nitrogens with zero attached hydrogens (tertiary/aromatic N) is 5. The fourth-order valence-electron chi connectivity index (χ4n) is 6.74. The molecule has 0 unspecified atom stereocenters. The molecule has 4 rings (SSSR count). The Labute approximate surface area is 317 Å². The zero-order valence-electron chi connectivity index (χ0n) is 33.1. The summed E-state index contributed by atoms with van der Waals surface area (Å²) in [6, 6.07) is 4.71. The van der Waals surface area contributed by atoms with E-state index in [4.69, 9.17) is 14.8 Å². The van der Waals surface area contributed by atoms with Crippen molar-refractivity contribution in [1.29, 1.82) is 0 Å². The molecule has 2 aromatic heterocycles. The molecule has 1 aromatic carbocycles. The van der Waals surface area contributed by atoms with E-state index < -0.39 is 16.0 Å². The Balaban J connectivity index is 0.000000327. The van der Waals surface area contributed by atoms with Crippen LogP contribution in [-0.2, 0) is 28.3 Å². The number of carbonyl (C=O) groups is 1. The number of unbranched alkanes of at least 4 members (excludes halogenated alkanes) is 14. The Bertz CT molecular complexity index is 1700. The molecule has 1 fully saturated rings. The van der Waals surface area contributed by atoms with Crippen LogP contribution < -0.4 is 10.3 Å². The van der Waals surface area contributed by atoms with Gasteiger partial charge in [0.15, 0.2) is 5.52 Å². The maximum atomic E-state index is 13.3. The summed E-state index contributed by atoms with van der Waals surface area (Å²) < 4.78 is 35.4. The Morgan fingerprint density at radius 2 is 1.40 bits per heavy atom. The third-order valence-corrected chi connectivity index (χ3v) is 11.7. The predicted octanol–water partition coefficient (Wildman–Crippen LogP) is 7.94. The van der Waals surface area contributed by atoms with Crippen molar-refractivity contribution < 1.29 is 23.1 Å². The van der Waals surface area contributed by atoms with Gasteiger partial charge in [-0.3, -0.25) is 14.3 Å². The van der Waals surface area contributed by atoms with E-state index in [1.54, 1.807) is 25.2 Å². The second kappa shape index (κ2) is 23.5. The normalized spacial score (nSPS) is 14.0. The molecule has 3 aromatic rings. The quantitative estimate of drug-likeness (QED) is 0.0919. The van der Waals surface area contributed by atoms with Crippen molar-refractivity contribution in [1.82, 2.24) is 29.0 Å². The van der Waals surface area contributed by atoms with Gasteiger partial charge < -0.3 is 19.7 Å². The second-order valence-electron chi connectivity index (χ2n) is 14.3. The minimum atomic E-state index is -3.70. The first-order valence-corrected chi connectivity index (χ1v) is 21.6. The third kappa shape index (κ3) is 14.1. The largest absolute Gasteiger partial charge is 0.493 e. The van der Waals surface area contributed by atoms with E-state index >= 15 is 0 Å². The van der Waals surface area contributed by atoms with Gasteiger partial charge in [0, 0.05) is 39.6 Å². The molecule has 0 amide bonds. The number of likely N-dealkylation sites (N-methyl/N-ethyl adjacent to an activating group) is 1. The van der Waals surface area contributed by atoms with Gasteiger partial charge in [-0.1, -0.05) is 110 Å². The number of ether oxygens (including phenoxy) is 1. The molecule has 0 atom stereocenters. The number of piperazine rings is 1. The highest BCUT2D eigenvalue weighted by molar-refractivity contribution is 7.89. The van der Waals surface area contributed by atoms with Gasteiger partial charge >= 0.3 is 5.97 Å². The molecule has 3 heterocycles. The number of fused-ring (bicyclic) bond motifs is 1. The maximum Gasteiger partial charge on any atom is 0.303 e. The number of nitrogens with one attached hydrogen (secondary N) is 1. The highest BCUT2D eigenvalue weighted by Gasteiger charge is 2.29. The second-order valence-corrected chi connectivity index (χ2v) is 16.3. The van der Waals surface area contributed by atoms with Gasteiger partial charge in [-0.2, -0.15) is 9.40 Å². The summed E-state index contributed by atoms with van der Waals surface area (Å²) in [5.41, 5.74) is 1.75. The monoisotopic (exact) mass is 758 g/mol. The minimum absolute atomic E-state index is 0.147. The van der Waals surface area contributed by atoms with Crippen LogP contribution in [-0.4, -0.2) is 88.3 Å². The van der Waals surface area contributed by atoms with Crippen molar-refractivity contribution in [2.75, 3.05) is 39.8 Å². The Kier molecular flexibility index (Phi) is 19.5. The van der Waals surface area contributed by atoms with Crippen molar-refractivity contribution >= 4 is 27.0 Å². The fraction of sp³-hybridized carbons (Fsp3) is 0.700. The summed E-state index contributed by atoms with van der Waals surface area (Å²) in [6.45, 7) is 8.75. The molecule has 298 valence electrons. The summed E-state index contributed by atoms with van der Waals surface area (Å²) in [4.78, 5) is 33.0. The van der Waals surface area contributed by atoms with E-state index in [1.165, 1.54) is 92.5 Å². The number of hydrogen-bond donors (Lipinski definition) is 2. The SMILES string of the molecule is CCCCCCCCCCCCCCCCCC(=O)O.CCCc1nn(C)c2c(=O)[nH]c(-c3cc(S(=O)(=O)N4CCN(C)CC4)ccc3OCC)nc12. The summed E-state index contributed by atoms with van der Waals surface area (Å²) >= 11 is 0. The third-order valence-electron chi connectivity index (χ3n) is 9.85. The van der Waals surface area contributed by atoms with E-state index in [1.807, 2.05) is 20.9 Å². The number of sulfonamides is 1. The lowest BCUT2D eigenvalue weighted by Crippen LogP contribution is -2.47. The maximum absolute atomic E-state index is 13.3. The van der Waals surface area contributed by atoms with Gasteiger partial charge in [-0.15, -0.1) is 0 Å². The van der Waals surface area contributed by atoms with Gasteiger partial charge in [-0.25, -0.2) is 13.4 Å². The zero-order chi connectivity index (χ0) is 38.6. The molecule has 53 heavy (non-hydrogen) atoms. The number of carboxylic acid groups (broad SMARTS) is 1. The summed E-state index contributed by atoms with van der Waals surface area (Å²) in [5.74, 6) is 0.0645. The average Bonchev–Trinajstić information content (AvgIpc) is 3.45. The Morgan fingerprint density at radius 3 is 1.92 bits per heavy atom. The number of aromatic amines is 1. The van der Waals surface area contributed by atoms with E-state index in [-0.39, 0.29) is 16.3 Å². The molecule has 1 saturated heterocycles. The van der Waals surface area contributed by atoms with Crippen LogP contribution in [0.5, 0.6) is 5.75 Å². The summed E-state index contributed by atoms with van der Waals surface area (Å²) in [7, 11) is -0.00831. The smallest absolute Gasteiger partial charge is 0.303 e. The fourth-order valence-corrected chi connectivity index (χ4v) is 8.19. The summed E-state index contributed by atoms with van der Waals surface area (Å²) in [6.07, 6.45) is 21.7. The number of carboxylic acids is 1. The van der Waals surface area contributed by atoms with Crippen LogP contribution in [0.3, 0.4) is 0 Å². The van der Waals surface area contributed by atoms with Gasteiger partial charge in [0.1, 0.15) is 17.1 Å². The standard InChI is InChI=1S/C22H30N6O4S.C18H36O2/c1-5-7-17-19-20(27(4)25-17)22(29)24-21(23-19)16-14-15(8-9-18(16)32-6-2)33(30,31)28-12-10-26(3)11-13-28;1-2-3-4-5-6-7-8-9-10-11-12-13-14-15-16-17-18(19)20/h8-9,14H,5-7,10-13H2,1-4H3,(H,23,24,29);2-17H2,1H3,(H,19,20). The molecule has 0 radical (unpaired) electrons. The molecular formula is C40H66N6O6S. The molecule has 0 bridgehead atoms. The molecular weight excluding hydrogens is 693 g/mol. The van der Waals surface area contributed by atoms with Crippen molar-refractivity contribution in [3.8, 4) is 17.1 Å². The molecule has 13 heteroatoms. The topological polar surface area (TPSA) is 151 Å². The first kappa shape index (κ1) is 44.1. The first-order chi connectivity index (χ1) is 25.5. The average molecular weight is 759 g/mol. The van der Waals surface area contributed by atoms with Gasteiger partial charge in [0.2, 0.25) is 10.0 Å². The van der Waals surface area contributed by atoms with E-state index in [2.05, 4.69) is 21.9 Å². The molecule has 0 spiro atoms. The lowest BCUT2D eigenvalue weighted by molar-refractivity contribution is -0.137. The number of hydrogen-bond acceptors (Lipinski definition) is 8. The van der Waals surface area contributed by atoms with Crippen molar-refractivity contribution in [2.45, 2.75) is 141 Å². The highest BCUT2D eigenvalue weighted by Crippen LogP contribution is 2.32. The first-order valence-electron chi connectivity index (χ1n) is 20.2. The predicted molar refractivity (Wildman–Crippen MR) is 213 cm³/mol. The van der Waals surface area contributed by atoms with Crippen molar-refractivity contribution in [3.63, 3.8) is 0 Å². The highest BCUT2D eigenvalue weighted by atomic mass is 32.2. The number of H-pyrrole nitrogens is 1. The lowest BCUT2D eigenvalue weighted by Gasteiger charge is -2.31. The van der Waals surface area contributed by atoms with Crippen LogP contribution in [0.1, 0.15) is 136 Å². The Morgan fingerprint density at radius 1 is 0.830 bits per heavy atom. The number of benzene rings is 1. The van der Waals surface area contributed by atoms with Crippen LogP contribution in [0, 0.1) is 0 Å². The van der Waals surface area contributed by atoms with Gasteiger partial charge in [-0.05, 0) is 45.0 Å². The van der Waals surface area contributed by atoms with Gasteiger partial charge in [0.05, 0.1) is 22.8 Å². The van der Waals surface area contributed by atoms with Crippen LogP contribution >= 0.6 is 0 Å². The molecule has 1 aliphatic rings. The summed E-state index contributed by atoms with van der Waals surface area (Å²) in [5, 5.41) is 13.0. The number of aromatic nitrogens is 4. The van der Waals surface area contributed by atoms with Crippen molar-refractivity contribution in [2.24, 2.45) is 7.05 Å². The van der Waals surface area contributed by atoms with Crippen LogP contribution in [0.4, 0.5) is 0 Å². The number of aliphatic carboxylic acids is 1.